The molecule has 1 heterocycles. The maximum Gasteiger partial charge on any atom is 0.534 e. The Bertz CT molecular complexity index is 822. The number of hydrogen-bond acceptors (Lipinski definition) is 6. The minimum atomic E-state index is -5.68. The third-order valence-corrected chi connectivity index (χ3v) is 8.48. The topological polar surface area (TPSA) is 78.9 Å². The molecule has 4 aliphatic rings. The lowest BCUT2D eigenvalue weighted by molar-refractivity contribution is -0.182. The normalized spacial score (nSPS) is 43.0. The zero-order valence-corrected chi connectivity index (χ0v) is 16.4. The molecular weight excluding hydrogens is 401 g/mol. The fourth-order valence-corrected chi connectivity index (χ4v) is 6.59. The number of halogens is 3. The van der Waals surface area contributed by atoms with Crippen molar-refractivity contribution in [1.29, 1.82) is 0 Å². The second-order valence-electron chi connectivity index (χ2n) is 8.85. The number of cyclic esters (lactones) is 1. The molecule has 2 unspecified atom stereocenters. The van der Waals surface area contributed by atoms with E-state index in [1.54, 1.807) is 6.92 Å². The van der Waals surface area contributed by atoms with Gasteiger partial charge in [-0.1, -0.05) is 13.8 Å². The van der Waals surface area contributed by atoms with Crippen LogP contribution in [0.5, 0.6) is 0 Å². The van der Waals surface area contributed by atoms with Gasteiger partial charge in [-0.25, -0.2) is 4.79 Å². The lowest BCUT2D eigenvalue weighted by Crippen LogP contribution is -2.58. The third kappa shape index (κ3) is 2.74. The van der Waals surface area contributed by atoms with Gasteiger partial charge in [0.05, 0.1) is 0 Å². The number of alkyl halides is 3. The Balaban J connectivity index is 1.57. The smallest absolute Gasteiger partial charge is 0.434 e. The summed E-state index contributed by atoms with van der Waals surface area (Å²) in [7, 11) is -5.68. The van der Waals surface area contributed by atoms with E-state index in [-0.39, 0.29) is 41.6 Å². The Morgan fingerprint density at radius 2 is 1.89 bits per heavy atom. The van der Waals surface area contributed by atoms with Gasteiger partial charge in [-0.15, -0.1) is 0 Å². The van der Waals surface area contributed by atoms with Crippen LogP contribution in [0.15, 0.2) is 11.8 Å². The maximum atomic E-state index is 12.8. The molecule has 2 saturated carbocycles. The largest absolute Gasteiger partial charge is 0.534 e. The highest BCUT2D eigenvalue weighted by atomic mass is 32.2. The van der Waals surface area contributed by atoms with Gasteiger partial charge in [0.2, 0.25) is 0 Å². The van der Waals surface area contributed by atoms with Crippen molar-refractivity contribution < 1.29 is 40.0 Å². The van der Waals surface area contributed by atoms with Crippen molar-refractivity contribution in [2.45, 2.75) is 57.6 Å². The van der Waals surface area contributed by atoms with E-state index >= 15 is 0 Å². The number of carbonyl (C=O) groups excluding carboxylic acids is 1. The molecule has 6 atom stereocenters. The first-order valence-corrected chi connectivity index (χ1v) is 10.8. The van der Waals surface area contributed by atoms with Crippen LogP contribution >= 0.6 is 0 Å². The predicted molar refractivity (Wildman–Crippen MR) is 90.1 cm³/mol. The van der Waals surface area contributed by atoms with E-state index in [1.807, 2.05) is 6.92 Å². The molecule has 1 saturated heterocycles. The molecular formula is C18H23F3O6S. The molecule has 4 rings (SSSR count). The van der Waals surface area contributed by atoms with Gasteiger partial charge in [-0.2, -0.15) is 21.6 Å². The number of hydrogen-bond donors (Lipinski definition) is 0. The predicted octanol–water partition coefficient (Wildman–Crippen LogP) is 4.12. The minimum Gasteiger partial charge on any atom is -0.434 e. The van der Waals surface area contributed by atoms with E-state index in [2.05, 4.69) is 4.18 Å². The van der Waals surface area contributed by atoms with Gasteiger partial charge in [0, 0.05) is 10.8 Å². The molecule has 1 aliphatic heterocycles. The number of rotatable bonds is 2. The quantitative estimate of drug-likeness (QED) is 0.377. The zero-order chi connectivity index (χ0) is 20.5. The summed E-state index contributed by atoms with van der Waals surface area (Å²) in [5.74, 6) is 0.253. The van der Waals surface area contributed by atoms with Crippen LogP contribution in [0, 0.1) is 28.6 Å². The average molecular weight is 424 g/mol. The number of carbonyl (C=O) groups is 1. The molecule has 0 aromatic rings. The Morgan fingerprint density at radius 3 is 2.57 bits per heavy atom. The van der Waals surface area contributed by atoms with Crippen LogP contribution in [0.25, 0.3) is 0 Å². The van der Waals surface area contributed by atoms with Crippen LogP contribution in [0.1, 0.15) is 46.0 Å². The Morgan fingerprint density at radius 1 is 1.18 bits per heavy atom. The first kappa shape index (κ1) is 19.8. The van der Waals surface area contributed by atoms with Crippen molar-refractivity contribution in [3.8, 4) is 0 Å². The van der Waals surface area contributed by atoms with E-state index in [1.165, 1.54) is 6.08 Å². The summed E-state index contributed by atoms with van der Waals surface area (Å²) in [6, 6.07) is 0. The van der Waals surface area contributed by atoms with Gasteiger partial charge in [0.15, 0.2) is 0 Å². The van der Waals surface area contributed by atoms with E-state index in [0.29, 0.717) is 25.7 Å². The van der Waals surface area contributed by atoms with Crippen molar-refractivity contribution in [3.05, 3.63) is 11.8 Å². The van der Waals surface area contributed by atoms with Gasteiger partial charge >= 0.3 is 21.8 Å². The van der Waals surface area contributed by atoms with Crippen LogP contribution in [0.4, 0.5) is 18.0 Å². The molecule has 0 N–H and O–H groups in total. The zero-order valence-electron chi connectivity index (χ0n) is 15.6. The second-order valence-corrected chi connectivity index (χ2v) is 10.4. The first-order chi connectivity index (χ1) is 12.9. The summed E-state index contributed by atoms with van der Waals surface area (Å²) >= 11 is 0. The Kier molecular flexibility index (Phi) is 4.27. The van der Waals surface area contributed by atoms with Crippen LogP contribution in [-0.4, -0.2) is 32.8 Å². The summed E-state index contributed by atoms with van der Waals surface area (Å²) in [6.07, 6.45) is 3.71. The molecule has 0 aromatic heterocycles. The van der Waals surface area contributed by atoms with Gasteiger partial charge in [0.25, 0.3) is 0 Å². The Labute approximate surface area is 161 Å². The molecule has 0 radical (unpaired) electrons. The van der Waals surface area contributed by atoms with E-state index in [4.69, 9.17) is 9.47 Å². The van der Waals surface area contributed by atoms with Crippen LogP contribution < -0.4 is 0 Å². The molecule has 6 nitrogen and oxygen atoms in total. The Hall–Kier alpha value is -1.45. The SMILES string of the molecule is C[C@]12COC(=O)OC1CC[C@@H]1C2CC[C@]2(C)C(OS(=O)(=O)C(F)(F)F)=CC[C@@H]12. The molecule has 0 bridgehead atoms. The highest BCUT2D eigenvalue weighted by Crippen LogP contribution is 2.64. The third-order valence-electron chi connectivity index (χ3n) is 7.51. The van der Waals surface area contributed by atoms with E-state index < -0.39 is 27.2 Å². The number of fused-ring (bicyclic) bond motifs is 5. The lowest BCUT2D eigenvalue weighted by Gasteiger charge is -2.58. The van der Waals surface area contributed by atoms with Crippen LogP contribution in [0.2, 0.25) is 0 Å². The average Bonchev–Trinajstić information content (AvgIpc) is 2.91. The summed E-state index contributed by atoms with van der Waals surface area (Å²) in [5, 5.41) is 0. The van der Waals surface area contributed by atoms with Gasteiger partial charge in [0.1, 0.15) is 18.5 Å². The number of ether oxygens (including phenoxy) is 2. The van der Waals surface area contributed by atoms with Crippen LogP contribution in [0.3, 0.4) is 0 Å². The van der Waals surface area contributed by atoms with E-state index in [0.717, 1.165) is 6.42 Å². The van der Waals surface area contributed by atoms with Crippen LogP contribution in [-0.2, 0) is 23.8 Å². The fourth-order valence-electron chi connectivity index (χ4n) is 6.00. The van der Waals surface area contributed by atoms with Crippen molar-refractivity contribution >= 4 is 16.3 Å². The van der Waals surface area contributed by atoms with Crippen molar-refractivity contribution in [1.82, 2.24) is 0 Å². The van der Waals surface area contributed by atoms with Crippen molar-refractivity contribution in [2.75, 3.05) is 6.61 Å². The minimum absolute atomic E-state index is 0.0138. The molecule has 0 spiro atoms. The summed E-state index contributed by atoms with van der Waals surface area (Å²) < 4.78 is 76.5. The summed E-state index contributed by atoms with van der Waals surface area (Å²) in [6.45, 7) is 4.10. The maximum absolute atomic E-state index is 12.8. The van der Waals surface area contributed by atoms with Crippen molar-refractivity contribution in [3.63, 3.8) is 0 Å². The molecule has 3 fully saturated rings. The standard InChI is InChI=1S/C18H23F3O6S/c1-16-8-7-12-10(3-5-13-17(12,2)9-25-15(22)26-13)11(16)4-6-14(16)27-28(23,24)18(19,20)21/h6,10-13H,3-5,7-9H2,1-2H3/t10-,11-,12?,13?,16-,17+/m0/s1. The summed E-state index contributed by atoms with van der Waals surface area (Å²) in [4.78, 5) is 11.5. The van der Waals surface area contributed by atoms with Gasteiger partial charge < -0.3 is 13.7 Å². The first-order valence-electron chi connectivity index (χ1n) is 9.43. The molecule has 3 aliphatic carbocycles. The van der Waals surface area contributed by atoms with Crippen molar-refractivity contribution in [2.24, 2.45) is 28.6 Å². The summed E-state index contributed by atoms with van der Waals surface area (Å²) in [5.41, 5.74) is -6.55. The lowest BCUT2D eigenvalue weighted by atomic mass is 9.49. The highest BCUT2D eigenvalue weighted by Gasteiger charge is 2.62. The molecule has 28 heavy (non-hydrogen) atoms. The highest BCUT2D eigenvalue weighted by molar-refractivity contribution is 7.87. The number of allylic oxidation sites excluding steroid dienone is 2. The molecule has 158 valence electrons. The monoisotopic (exact) mass is 424 g/mol. The second kappa shape index (κ2) is 6.03. The van der Waals surface area contributed by atoms with Gasteiger partial charge in [-0.3, -0.25) is 0 Å². The van der Waals surface area contributed by atoms with E-state index in [9.17, 15) is 26.4 Å². The fraction of sp³-hybridized carbons (Fsp3) is 0.833. The molecule has 10 heteroatoms. The molecule has 0 amide bonds. The molecule has 0 aromatic carbocycles. The van der Waals surface area contributed by atoms with Gasteiger partial charge in [-0.05, 0) is 55.9 Å².